The van der Waals surface area contributed by atoms with Crippen molar-refractivity contribution >= 4 is 10.8 Å². The largest absolute Gasteiger partial charge is 0.481 e. The van der Waals surface area contributed by atoms with Crippen LogP contribution < -0.4 is 4.74 Å². The number of ether oxygens (including phenoxy) is 1. The predicted molar refractivity (Wildman–Crippen MR) is 92.7 cm³/mol. The molecular weight excluding hydrogens is 319 g/mol. The minimum absolute atomic E-state index is 0.141. The number of nitrogens with zero attached hydrogens (tertiary/aromatic N) is 2. The number of hydrogen-bond acceptors (Lipinski definition) is 4. The third-order valence-electron chi connectivity index (χ3n) is 3.93. The van der Waals surface area contributed by atoms with Crippen LogP contribution in [0, 0.1) is 5.82 Å². The molecule has 25 heavy (non-hydrogen) atoms. The van der Waals surface area contributed by atoms with Crippen LogP contribution in [0.1, 0.15) is 18.9 Å². The lowest BCUT2D eigenvalue weighted by atomic mass is 10.1. The van der Waals surface area contributed by atoms with Crippen LogP contribution in [0.4, 0.5) is 4.39 Å². The molecule has 0 bridgehead atoms. The number of aromatic nitrogens is 2. The van der Waals surface area contributed by atoms with Crippen molar-refractivity contribution in [3.8, 4) is 17.2 Å². The van der Waals surface area contributed by atoms with Gasteiger partial charge in [0.2, 0.25) is 0 Å². The maximum absolute atomic E-state index is 13.8. The Kier molecular flexibility index (Phi) is 3.90. The highest BCUT2D eigenvalue weighted by Crippen LogP contribution is 2.27. The van der Waals surface area contributed by atoms with Crippen LogP contribution in [-0.2, 0) is 0 Å². The third-order valence-corrected chi connectivity index (χ3v) is 3.93. The molecule has 0 fully saturated rings. The average Bonchev–Trinajstić information content (AvgIpc) is 3.12. The minimum Gasteiger partial charge on any atom is -0.481 e. The first kappa shape index (κ1) is 15.3. The first-order valence-corrected chi connectivity index (χ1v) is 7.94. The molecule has 4 rings (SSSR count). The van der Waals surface area contributed by atoms with E-state index < -0.39 is 11.9 Å². The van der Waals surface area contributed by atoms with E-state index in [4.69, 9.17) is 9.15 Å². The van der Waals surface area contributed by atoms with Crippen molar-refractivity contribution in [3.05, 3.63) is 78.4 Å². The molecule has 124 valence electrons. The van der Waals surface area contributed by atoms with Crippen molar-refractivity contribution in [3.63, 3.8) is 0 Å². The van der Waals surface area contributed by atoms with Gasteiger partial charge in [0.1, 0.15) is 11.6 Å². The SMILES string of the molecule is CC(Oc1ccc2ccccc2c1)c1nnc(-c2ccccc2F)o1. The number of hydrogen-bond donors (Lipinski definition) is 0. The van der Waals surface area contributed by atoms with Gasteiger partial charge in [-0.15, -0.1) is 10.2 Å². The van der Waals surface area contributed by atoms with Gasteiger partial charge in [0, 0.05) is 0 Å². The van der Waals surface area contributed by atoms with Gasteiger partial charge in [0.25, 0.3) is 11.8 Å². The zero-order valence-electron chi connectivity index (χ0n) is 13.5. The first-order chi connectivity index (χ1) is 12.2. The second-order valence-corrected chi connectivity index (χ2v) is 5.69. The van der Waals surface area contributed by atoms with Crippen molar-refractivity contribution in [2.75, 3.05) is 0 Å². The second-order valence-electron chi connectivity index (χ2n) is 5.69. The molecule has 0 spiro atoms. The summed E-state index contributed by atoms with van der Waals surface area (Å²) in [6.07, 6.45) is -0.450. The molecule has 1 heterocycles. The fraction of sp³-hybridized carbons (Fsp3) is 0.100. The number of halogens is 1. The van der Waals surface area contributed by atoms with Gasteiger partial charge in [0.15, 0.2) is 6.10 Å². The molecule has 4 nitrogen and oxygen atoms in total. The molecule has 1 unspecified atom stereocenters. The standard InChI is InChI=1S/C20H15FN2O2/c1-13(24-16-11-10-14-6-2-3-7-15(14)12-16)19-22-23-20(25-19)17-8-4-5-9-18(17)21/h2-13H,1H3. The summed E-state index contributed by atoms with van der Waals surface area (Å²) in [5, 5.41) is 10.1. The van der Waals surface area contributed by atoms with E-state index in [-0.39, 0.29) is 11.5 Å². The molecule has 3 aromatic carbocycles. The van der Waals surface area contributed by atoms with Gasteiger partial charge >= 0.3 is 0 Å². The van der Waals surface area contributed by atoms with Crippen LogP contribution >= 0.6 is 0 Å². The van der Waals surface area contributed by atoms with E-state index in [1.807, 2.05) is 49.4 Å². The average molecular weight is 334 g/mol. The summed E-state index contributed by atoms with van der Waals surface area (Å²) < 4.78 is 25.3. The van der Waals surface area contributed by atoms with Gasteiger partial charge in [-0.2, -0.15) is 0 Å². The van der Waals surface area contributed by atoms with Crippen LogP contribution in [0.2, 0.25) is 0 Å². The Morgan fingerprint density at radius 2 is 1.68 bits per heavy atom. The topological polar surface area (TPSA) is 48.2 Å². The fourth-order valence-corrected chi connectivity index (χ4v) is 2.64. The van der Waals surface area contributed by atoms with Crippen LogP contribution in [0.5, 0.6) is 5.75 Å². The molecule has 0 N–H and O–H groups in total. The van der Waals surface area contributed by atoms with E-state index in [0.717, 1.165) is 10.8 Å². The highest BCUT2D eigenvalue weighted by molar-refractivity contribution is 5.83. The molecule has 0 aliphatic heterocycles. The van der Waals surface area contributed by atoms with Crippen molar-refractivity contribution in [1.82, 2.24) is 10.2 Å². The van der Waals surface area contributed by atoms with E-state index in [9.17, 15) is 4.39 Å². The molecule has 0 aliphatic carbocycles. The maximum Gasteiger partial charge on any atom is 0.257 e. The van der Waals surface area contributed by atoms with E-state index in [0.29, 0.717) is 11.6 Å². The molecule has 4 aromatic rings. The molecule has 1 aromatic heterocycles. The summed E-state index contributed by atoms with van der Waals surface area (Å²) in [7, 11) is 0. The third kappa shape index (κ3) is 3.08. The van der Waals surface area contributed by atoms with E-state index in [2.05, 4.69) is 10.2 Å². The second kappa shape index (κ2) is 6.36. The van der Waals surface area contributed by atoms with Crippen LogP contribution in [-0.4, -0.2) is 10.2 Å². The van der Waals surface area contributed by atoms with Crippen LogP contribution in [0.3, 0.4) is 0 Å². The summed E-state index contributed by atoms with van der Waals surface area (Å²) in [4.78, 5) is 0. The monoisotopic (exact) mass is 334 g/mol. The van der Waals surface area contributed by atoms with Gasteiger partial charge in [-0.1, -0.05) is 42.5 Å². The van der Waals surface area contributed by atoms with Crippen LogP contribution in [0.25, 0.3) is 22.2 Å². The van der Waals surface area contributed by atoms with Gasteiger partial charge < -0.3 is 9.15 Å². The van der Waals surface area contributed by atoms with Gasteiger partial charge in [-0.25, -0.2) is 4.39 Å². The van der Waals surface area contributed by atoms with E-state index >= 15 is 0 Å². The smallest absolute Gasteiger partial charge is 0.257 e. The van der Waals surface area contributed by atoms with Crippen molar-refractivity contribution in [1.29, 1.82) is 0 Å². The lowest BCUT2D eigenvalue weighted by molar-refractivity contribution is 0.190. The number of fused-ring (bicyclic) bond motifs is 1. The van der Waals surface area contributed by atoms with Crippen molar-refractivity contribution < 1.29 is 13.5 Å². The zero-order chi connectivity index (χ0) is 17.2. The fourth-order valence-electron chi connectivity index (χ4n) is 2.64. The Bertz CT molecular complexity index is 1030. The first-order valence-electron chi connectivity index (χ1n) is 7.94. The van der Waals surface area contributed by atoms with Gasteiger partial charge in [0.05, 0.1) is 5.56 Å². The highest BCUT2D eigenvalue weighted by atomic mass is 19.1. The molecule has 0 saturated heterocycles. The Hall–Kier alpha value is -3.21. The van der Waals surface area contributed by atoms with Gasteiger partial charge in [-0.05, 0) is 42.0 Å². The molecule has 0 saturated carbocycles. The summed E-state index contributed by atoms with van der Waals surface area (Å²) in [5.41, 5.74) is 0.277. The summed E-state index contributed by atoms with van der Waals surface area (Å²) >= 11 is 0. The zero-order valence-corrected chi connectivity index (χ0v) is 13.5. The lowest BCUT2D eigenvalue weighted by Crippen LogP contribution is -2.03. The Labute approximate surface area is 143 Å². The van der Waals surface area contributed by atoms with Crippen LogP contribution in [0.15, 0.2) is 71.1 Å². The van der Waals surface area contributed by atoms with Crippen molar-refractivity contribution in [2.45, 2.75) is 13.0 Å². The van der Waals surface area contributed by atoms with Crippen molar-refractivity contribution in [2.24, 2.45) is 0 Å². The Morgan fingerprint density at radius 3 is 2.52 bits per heavy atom. The molecule has 1 atom stereocenters. The molecular formula is C20H15FN2O2. The Morgan fingerprint density at radius 1 is 0.920 bits per heavy atom. The number of benzene rings is 3. The molecule has 0 aliphatic rings. The highest BCUT2D eigenvalue weighted by Gasteiger charge is 2.18. The summed E-state index contributed by atoms with van der Waals surface area (Å²) in [5.74, 6) is 0.742. The summed E-state index contributed by atoms with van der Waals surface area (Å²) in [6, 6.07) is 20.2. The van der Waals surface area contributed by atoms with E-state index in [1.54, 1.807) is 18.2 Å². The molecule has 0 radical (unpaired) electrons. The predicted octanol–water partition coefficient (Wildman–Crippen LogP) is 5.17. The quantitative estimate of drug-likeness (QED) is 0.516. The minimum atomic E-state index is -0.450. The normalized spacial score (nSPS) is 12.2. The Balaban J connectivity index is 1.56. The molecule has 0 amide bonds. The van der Waals surface area contributed by atoms with Gasteiger partial charge in [-0.3, -0.25) is 0 Å². The van der Waals surface area contributed by atoms with E-state index in [1.165, 1.54) is 6.07 Å². The lowest BCUT2D eigenvalue weighted by Gasteiger charge is -2.11. The molecule has 5 heteroatoms. The number of rotatable bonds is 4. The summed E-state index contributed by atoms with van der Waals surface area (Å²) in [6.45, 7) is 1.81. The maximum atomic E-state index is 13.8.